The number of hydrogen-bond donors (Lipinski definition) is 2. The van der Waals surface area contributed by atoms with Gasteiger partial charge in [-0.1, -0.05) is 37.8 Å². The molecule has 0 fully saturated rings. The molecule has 3 heterocycles. The van der Waals surface area contributed by atoms with E-state index in [1.54, 1.807) is 13.1 Å². The van der Waals surface area contributed by atoms with E-state index in [9.17, 15) is 5.11 Å². The zero-order valence-electron chi connectivity index (χ0n) is 17.3. The number of aliphatic hydroxyl groups is 1. The zero-order valence-corrected chi connectivity index (χ0v) is 18.2. The Bertz CT molecular complexity index is 1240. The maximum absolute atomic E-state index is 10.2. The predicted molar refractivity (Wildman–Crippen MR) is 122 cm³/mol. The number of nitrogens with two attached hydrogens (primary N) is 1. The molecule has 0 aliphatic rings. The fourth-order valence-corrected chi connectivity index (χ4v) is 3.52. The third-order valence-electron chi connectivity index (χ3n) is 4.10. The van der Waals surface area contributed by atoms with Crippen molar-refractivity contribution in [1.82, 2.24) is 19.9 Å². The van der Waals surface area contributed by atoms with E-state index in [1.165, 1.54) is 11.3 Å². The van der Waals surface area contributed by atoms with Crippen molar-refractivity contribution in [3.8, 4) is 23.1 Å². The summed E-state index contributed by atoms with van der Waals surface area (Å²) >= 11 is 1.44. The molecule has 0 aliphatic heterocycles. The number of thiazole rings is 1. The Labute approximate surface area is 179 Å². The number of aryl methyl sites for hydroxylation is 2. The van der Waals surface area contributed by atoms with E-state index in [0.29, 0.717) is 22.7 Å². The lowest BCUT2D eigenvalue weighted by atomic mass is 10.1. The second-order valence-electron chi connectivity index (χ2n) is 6.25. The van der Waals surface area contributed by atoms with Crippen LogP contribution >= 0.6 is 11.3 Å². The SMILES string of the molecule is CC.Cc1nc(N)c2nc(-c3cccc(C#C[C@H](O)c4cnc(C)s4)c3)ccc2n1. The first-order chi connectivity index (χ1) is 14.5. The number of benzene rings is 1. The molecule has 6 nitrogen and oxygen atoms in total. The normalized spacial score (nSPS) is 11.2. The average molecular weight is 418 g/mol. The number of nitrogen functional groups attached to an aromatic ring is 1. The van der Waals surface area contributed by atoms with E-state index in [2.05, 4.69) is 31.8 Å². The molecule has 7 heteroatoms. The van der Waals surface area contributed by atoms with Crippen LogP contribution in [-0.2, 0) is 0 Å². The Morgan fingerprint density at radius 2 is 1.87 bits per heavy atom. The minimum Gasteiger partial charge on any atom is -0.382 e. The summed E-state index contributed by atoms with van der Waals surface area (Å²) in [4.78, 5) is 18.0. The van der Waals surface area contributed by atoms with E-state index in [4.69, 9.17) is 5.73 Å². The number of aliphatic hydroxyl groups excluding tert-OH is 1. The number of pyridine rings is 1. The van der Waals surface area contributed by atoms with Crippen molar-refractivity contribution >= 4 is 28.2 Å². The number of fused-ring (bicyclic) bond motifs is 1. The Morgan fingerprint density at radius 1 is 1.07 bits per heavy atom. The second-order valence-corrected chi connectivity index (χ2v) is 7.52. The van der Waals surface area contributed by atoms with E-state index < -0.39 is 6.10 Å². The molecule has 0 bridgehead atoms. The molecule has 3 aromatic heterocycles. The quantitative estimate of drug-likeness (QED) is 0.467. The van der Waals surface area contributed by atoms with Gasteiger partial charge in [-0.15, -0.1) is 11.3 Å². The molecule has 3 N–H and O–H groups in total. The van der Waals surface area contributed by atoms with Gasteiger partial charge in [0, 0.05) is 17.3 Å². The molecule has 0 saturated heterocycles. The molecule has 0 saturated carbocycles. The lowest BCUT2D eigenvalue weighted by Gasteiger charge is -2.06. The molecule has 0 amide bonds. The highest BCUT2D eigenvalue weighted by atomic mass is 32.1. The van der Waals surface area contributed by atoms with Gasteiger partial charge in [0.25, 0.3) is 0 Å². The molecule has 30 heavy (non-hydrogen) atoms. The van der Waals surface area contributed by atoms with Crippen molar-refractivity contribution in [1.29, 1.82) is 0 Å². The third kappa shape index (κ3) is 4.79. The summed E-state index contributed by atoms with van der Waals surface area (Å²) in [6.45, 7) is 7.70. The van der Waals surface area contributed by atoms with Gasteiger partial charge >= 0.3 is 0 Å². The molecule has 152 valence electrons. The van der Waals surface area contributed by atoms with Crippen molar-refractivity contribution in [2.75, 3.05) is 5.73 Å². The molecular weight excluding hydrogens is 394 g/mol. The standard InChI is InChI=1S/C21H17N5OS.C2H6/c1-12-24-17-8-7-16(26-20(17)21(22)25-12)15-5-3-4-14(10-15)6-9-18(27)19-11-23-13(2)28-19;1-2/h3-5,7-8,10-11,18,27H,1-2H3,(H2,22,24,25);1-2H3/t18-;/m0./s1. The van der Waals surface area contributed by atoms with E-state index in [-0.39, 0.29) is 0 Å². The fourth-order valence-electron chi connectivity index (χ4n) is 2.80. The monoisotopic (exact) mass is 417 g/mol. The summed E-state index contributed by atoms with van der Waals surface area (Å²) in [6, 6.07) is 11.5. The molecule has 1 aromatic carbocycles. The van der Waals surface area contributed by atoms with Gasteiger partial charge in [0.2, 0.25) is 0 Å². The largest absolute Gasteiger partial charge is 0.382 e. The predicted octanol–water partition coefficient (Wildman–Crippen LogP) is 4.46. The summed E-state index contributed by atoms with van der Waals surface area (Å²) in [6.07, 6.45) is 0.803. The maximum Gasteiger partial charge on any atom is 0.153 e. The number of rotatable bonds is 2. The van der Waals surface area contributed by atoms with Crippen LogP contribution in [0.25, 0.3) is 22.3 Å². The summed E-state index contributed by atoms with van der Waals surface area (Å²) in [5, 5.41) is 11.1. The van der Waals surface area contributed by atoms with E-state index >= 15 is 0 Å². The minimum atomic E-state index is -0.853. The highest BCUT2D eigenvalue weighted by molar-refractivity contribution is 7.11. The Morgan fingerprint density at radius 3 is 2.60 bits per heavy atom. The van der Waals surface area contributed by atoms with Crippen molar-refractivity contribution in [3.63, 3.8) is 0 Å². The Hall–Kier alpha value is -3.34. The maximum atomic E-state index is 10.2. The number of hydrogen-bond acceptors (Lipinski definition) is 7. The van der Waals surface area contributed by atoms with Crippen LogP contribution in [0.2, 0.25) is 0 Å². The highest BCUT2D eigenvalue weighted by Gasteiger charge is 2.09. The molecule has 4 rings (SSSR count). The molecular formula is C23H23N5OS. The average Bonchev–Trinajstić information content (AvgIpc) is 3.20. The van der Waals surface area contributed by atoms with Crippen LogP contribution in [0.5, 0.6) is 0 Å². The Kier molecular flexibility index (Phi) is 6.72. The first-order valence-electron chi connectivity index (χ1n) is 9.63. The van der Waals surface area contributed by atoms with Gasteiger partial charge in [-0.3, -0.25) is 0 Å². The van der Waals surface area contributed by atoms with Crippen LogP contribution in [0, 0.1) is 25.7 Å². The first kappa shape index (κ1) is 21.4. The smallest absolute Gasteiger partial charge is 0.153 e. The van der Waals surface area contributed by atoms with Crippen LogP contribution < -0.4 is 5.73 Å². The van der Waals surface area contributed by atoms with Crippen LogP contribution in [0.15, 0.2) is 42.6 Å². The van der Waals surface area contributed by atoms with Crippen molar-refractivity contribution in [2.24, 2.45) is 0 Å². The van der Waals surface area contributed by atoms with Crippen LogP contribution in [-0.4, -0.2) is 25.0 Å². The van der Waals surface area contributed by atoms with Gasteiger partial charge < -0.3 is 10.8 Å². The molecule has 0 unspecified atom stereocenters. The van der Waals surface area contributed by atoms with Gasteiger partial charge in [-0.25, -0.2) is 19.9 Å². The van der Waals surface area contributed by atoms with Crippen molar-refractivity contribution in [3.05, 3.63) is 63.9 Å². The molecule has 0 radical (unpaired) electrons. The number of nitrogens with zero attached hydrogens (tertiary/aromatic N) is 4. The summed E-state index contributed by atoms with van der Waals surface area (Å²) in [5.74, 6) is 6.87. The summed E-state index contributed by atoms with van der Waals surface area (Å²) < 4.78 is 0. The topological polar surface area (TPSA) is 97.8 Å². The molecule has 0 aliphatic carbocycles. The van der Waals surface area contributed by atoms with Gasteiger partial charge in [0.15, 0.2) is 11.9 Å². The fraction of sp³-hybridized carbons (Fsp3) is 0.217. The van der Waals surface area contributed by atoms with Gasteiger partial charge in [0.1, 0.15) is 11.3 Å². The van der Waals surface area contributed by atoms with Crippen LogP contribution in [0.4, 0.5) is 5.82 Å². The van der Waals surface area contributed by atoms with Gasteiger partial charge in [0.05, 0.1) is 21.1 Å². The van der Waals surface area contributed by atoms with E-state index in [1.807, 2.05) is 57.2 Å². The van der Waals surface area contributed by atoms with Crippen LogP contribution in [0.1, 0.15) is 41.2 Å². The molecule has 4 aromatic rings. The molecule has 0 spiro atoms. The van der Waals surface area contributed by atoms with Gasteiger partial charge in [-0.05, 0) is 38.1 Å². The van der Waals surface area contributed by atoms with E-state index in [0.717, 1.165) is 26.7 Å². The zero-order chi connectivity index (χ0) is 21.7. The number of aromatic nitrogens is 4. The number of anilines is 1. The molecule has 1 atom stereocenters. The first-order valence-corrected chi connectivity index (χ1v) is 10.4. The third-order valence-corrected chi connectivity index (χ3v) is 5.07. The lowest BCUT2D eigenvalue weighted by Crippen LogP contribution is -1.99. The Balaban J connectivity index is 0.00000124. The van der Waals surface area contributed by atoms with Crippen molar-refractivity contribution < 1.29 is 5.11 Å². The second kappa shape index (κ2) is 9.44. The highest BCUT2D eigenvalue weighted by Crippen LogP contribution is 2.24. The van der Waals surface area contributed by atoms with Crippen LogP contribution in [0.3, 0.4) is 0 Å². The van der Waals surface area contributed by atoms with Crippen molar-refractivity contribution in [2.45, 2.75) is 33.8 Å². The summed E-state index contributed by atoms with van der Waals surface area (Å²) in [5.41, 5.74) is 9.74. The lowest BCUT2D eigenvalue weighted by molar-refractivity contribution is 0.242. The minimum absolute atomic E-state index is 0.364. The van der Waals surface area contributed by atoms with Gasteiger partial charge in [-0.2, -0.15) is 0 Å². The summed E-state index contributed by atoms with van der Waals surface area (Å²) in [7, 11) is 0.